The lowest BCUT2D eigenvalue weighted by atomic mass is 10.2. The molecule has 0 fully saturated rings. The first kappa shape index (κ1) is 13.9. The summed E-state index contributed by atoms with van der Waals surface area (Å²) in [6.45, 7) is 4.67. The summed E-state index contributed by atoms with van der Waals surface area (Å²) in [5.74, 6) is -0.0617. The van der Waals surface area contributed by atoms with Crippen molar-refractivity contribution < 1.29 is 4.79 Å². The number of benzene rings is 1. The summed E-state index contributed by atoms with van der Waals surface area (Å²) in [4.78, 5) is 12.1. The smallest absolute Gasteiger partial charge is 0.252 e. The summed E-state index contributed by atoms with van der Waals surface area (Å²) in [5, 5.41) is 2.96. The number of carbonyl (C=O) groups is 1. The van der Waals surface area contributed by atoms with Crippen molar-refractivity contribution in [2.45, 2.75) is 20.4 Å². The second-order valence-corrected chi connectivity index (χ2v) is 5.47. The fourth-order valence-corrected chi connectivity index (χ4v) is 2.49. The SMILES string of the molecule is Cc1cc(CNC(=O)c2ccccc2Br)c(C)n1C. The molecule has 1 aromatic carbocycles. The first-order valence-corrected chi connectivity index (χ1v) is 6.94. The average molecular weight is 321 g/mol. The Hall–Kier alpha value is -1.55. The number of rotatable bonds is 3. The molecule has 4 heteroatoms. The normalized spacial score (nSPS) is 10.5. The molecule has 0 saturated carbocycles. The number of aryl methyl sites for hydroxylation is 1. The van der Waals surface area contributed by atoms with E-state index >= 15 is 0 Å². The highest BCUT2D eigenvalue weighted by Crippen LogP contribution is 2.16. The van der Waals surface area contributed by atoms with Gasteiger partial charge in [0.15, 0.2) is 0 Å². The highest BCUT2D eigenvalue weighted by Gasteiger charge is 2.11. The van der Waals surface area contributed by atoms with Crippen LogP contribution in [0, 0.1) is 13.8 Å². The quantitative estimate of drug-likeness (QED) is 0.924. The van der Waals surface area contributed by atoms with Crippen LogP contribution in [-0.2, 0) is 13.6 Å². The van der Waals surface area contributed by atoms with Crippen LogP contribution in [0.5, 0.6) is 0 Å². The minimum Gasteiger partial charge on any atom is -0.352 e. The van der Waals surface area contributed by atoms with E-state index in [4.69, 9.17) is 0 Å². The summed E-state index contributed by atoms with van der Waals surface area (Å²) in [5.41, 5.74) is 4.20. The van der Waals surface area contributed by atoms with Crippen LogP contribution in [0.4, 0.5) is 0 Å². The molecule has 1 heterocycles. The lowest BCUT2D eigenvalue weighted by Crippen LogP contribution is -2.23. The van der Waals surface area contributed by atoms with Crippen LogP contribution < -0.4 is 5.32 Å². The molecule has 0 radical (unpaired) electrons. The molecule has 100 valence electrons. The first-order chi connectivity index (χ1) is 9.00. The number of halogens is 1. The number of nitrogens with zero attached hydrogens (tertiary/aromatic N) is 1. The lowest BCUT2D eigenvalue weighted by Gasteiger charge is -2.07. The molecule has 1 aromatic heterocycles. The fourth-order valence-electron chi connectivity index (χ4n) is 2.03. The number of carbonyl (C=O) groups excluding carboxylic acids is 1. The summed E-state index contributed by atoms with van der Waals surface area (Å²) in [6.07, 6.45) is 0. The van der Waals surface area contributed by atoms with Crippen LogP contribution in [0.2, 0.25) is 0 Å². The third-order valence-electron chi connectivity index (χ3n) is 3.44. The Labute approximate surface area is 121 Å². The molecule has 0 unspecified atom stereocenters. The van der Waals surface area contributed by atoms with Crippen molar-refractivity contribution >= 4 is 21.8 Å². The van der Waals surface area contributed by atoms with Gasteiger partial charge in [-0.1, -0.05) is 12.1 Å². The van der Waals surface area contributed by atoms with Gasteiger partial charge in [0.25, 0.3) is 5.91 Å². The predicted octanol–water partition coefficient (Wildman–Crippen LogP) is 3.33. The molecule has 3 nitrogen and oxygen atoms in total. The van der Waals surface area contributed by atoms with E-state index in [1.807, 2.05) is 31.3 Å². The van der Waals surface area contributed by atoms with Crippen molar-refractivity contribution in [2.75, 3.05) is 0 Å². The van der Waals surface area contributed by atoms with Gasteiger partial charge in [0.1, 0.15) is 0 Å². The minimum atomic E-state index is -0.0617. The molecule has 19 heavy (non-hydrogen) atoms. The monoisotopic (exact) mass is 320 g/mol. The van der Waals surface area contributed by atoms with E-state index in [0.29, 0.717) is 12.1 Å². The van der Waals surface area contributed by atoms with E-state index < -0.39 is 0 Å². The maximum absolute atomic E-state index is 12.1. The maximum atomic E-state index is 12.1. The van der Waals surface area contributed by atoms with Crippen molar-refractivity contribution in [1.82, 2.24) is 9.88 Å². The van der Waals surface area contributed by atoms with Gasteiger partial charge in [-0.3, -0.25) is 4.79 Å². The molecule has 1 amide bonds. The summed E-state index contributed by atoms with van der Waals surface area (Å²) in [7, 11) is 2.03. The molecule has 0 spiro atoms. The zero-order valence-electron chi connectivity index (χ0n) is 11.3. The Morgan fingerprint density at radius 2 is 2.00 bits per heavy atom. The van der Waals surface area contributed by atoms with Gasteiger partial charge in [0, 0.05) is 29.5 Å². The largest absolute Gasteiger partial charge is 0.352 e. The van der Waals surface area contributed by atoms with E-state index in [1.54, 1.807) is 0 Å². The van der Waals surface area contributed by atoms with E-state index in [-0.39, 0.29) is 5.91 Å². The second-order valence-electron chi connectivity index (χ2n) is 4.62. The summed E-state index contributed by atoms with van der Waals surface area (Å²) < 4.78 is 2.94. The van der Waals surface area contributed by atoms with Gasteiger partial charge in [-0.25, -0.2) is 0 Å². The molecule has 0 aliphatic heterocycles. The molecular formula is C15H17BrN2O. The van der Waals surface area contributed by atoms with Crippen molar-refractivity contribution in [3.63, 3.8) is 0 Å². The van der Waals surface area contributed by atoms with Crippen LogP contribution in [0.3, 0.4) is 0 Å². The molecule has 0 bridgehead atoms. The van der Waals surface area contributed by atoms with E-state index in [2.05, 4.69) is 45.7 Å². The van der Waals surface area contributed by atoms with E-state index in [0.717, 1.165) is 10.0 Å². The van der Waals surface area contributed by atoms with Crippen LogP contribution in [0.25, 0.3) is 0 Å². The van der Waals surface area contributed by atoms with Crippen molar-refractivity contribution in [1.29, 1.82) is 0 Å². The van der Waals surface area contributed by atoms with Crippen molar-refractivity contribution in [2.24, 2.45) is 7.05 Å². The fraction of sp³-hybridized carbons (Fsp3) is 0.267. The number of aromatic nitrogens is 1. The van der Waals surface area contributed by atoms with Gasteiger partial charge in [0.2, 0.25) is 0 Å². The minimum absolute atomic E-state index is 0.0617. The molecule has 0 aliphatic rings. The molecule has 2 aromatic rings. The van der Waals surface area contributed by atoms with Crippen LogP contribution in [0.15, 0.2) is 34.8 Å². The zero-order chi connectivity index (χ0) is 14.0. The van der Waals surface area contributed by atoms with Gasteiger partial charge in [-0.05, 0) is 53.5 Å². The Morgan fingerprint density at radius 1 is 1.32 bits per heavy atom. The highest BCUT2D eigenvalue weighted by molar-refractivity contribution is 9.10. The first-order valence-electron chi connectivity index (χ1n) is 6.15. The van der Waals surface area contributed by atoms with Crippen molar-refractivity contribution in [3.8, 4) is 0 Å². The number of hydrogen-bond acceptors (Lipinski definition) is 1. The van der Waals surface area contributed by atoms with Crippen LogP contribution in [0.1, 0.15) is 27.3 Å². The second kappa shape index (κ2) is 5.61. The Morgan fingerprint density at radius 3 is 2.58 bits per heavy atom. The Kier molecular flexibility index (Phi) is 4.10. The van der Waals surface area contributed by atoms with Crippen LogP contribution in [-0.4, -0.2) is 10.5 Å². The molecule has 0 atom stereocenters. The summed E-state index contributed by atoms with van der Waals surface area (Å²) in [6, 6.07) is 9.54. The zero-order valence-corrected chi connectivity index (χ0v) is 12.9. The standard InChI is InChI=1S/C15H17BrN2O/c1-10-8-12(11(2)18(10)3)9-17-15(19)13-6-4-5-7-14(13)16/h4-8H,9H2,1-3H3,(H,17,19). The highest BCUT2D eigenvalue weighted by atomic mass is 79.9. The van der Waals surface area contributed by atoms with Gasteiger partial charge in [-0.15, -0.1) is 0 Å². The molecule has 1 N–H and O–H groups in total. The van der Waals surface area contributed by atoms with Gasteiger partial charge in [-0.2, -0.15) is 0 Å². The predicted molar refractivity (Wildman–Crippen MR) is 80.2 cm³/mol. The molecule has 0 aliphatic carbocycles. The number of nitrogens with one attached hydrogen (secondary N) is 1. The van der Waals surface area contributed by atoms with Crippen LogP contribution >= 0.6 is 15.9 Å². The molecule has 2 rings (SSSR count). The van der Waals surface area contributed by atoms with Crippen molar-refractivity contribution in [3.05, 3.63) is 57.3 Å². The number of hydrogen-bond donors (Lipinski definition) is 1. The Bertz CT molecular complexity index is 617. The molecular weight excluding hydrogens is 304 g/mol. The van der Waals surface area contributed by atoms with Gasteiger partial charge >= 0.3 is 0 Å². The number of amides is 1. The third kappa shape index (κ3) is 2.89. The topological polar surface area (TPSA) is 34.0 Å². The van der Waals surface area contributed by atoms with E-state index in [1.165, 1.54) is 11.4 Å². The van der Waals surface area contributed by atoms with Gasteiger partial charge in [0.05, 0.1) is 5.56 Å². The average Bonchev–Trinajstić information content (AvgIpc) is 2.64. The van der Waals surface area contributed by atoms with Gasteiger partial charge < -0.3 is 9.88 Å². The van der Waals surface area contributed by atoms with E-state index in [9.17, 15) is 4.79 Å². The summed E-state index contributed by atoms with van der Waals surface area (Å²) >= 11 is 3.39. The third-order valence-corrected chi connectivity index (χ3v) is 4.13. The Balaban J connectivity index is 2.09. The maximum Gasteiger partial charge on any atom is 0.252 e. The lowest BCUT2D eigenvalue weighted by molar-refractivity contribution is 0.0950. The molecule has 0 saturated heterocycles.